The Balaban J connectivity index is 1.90. The maximum atomic E-state index is 5.13. The normalized spacial score (nSPS) is 15.4. The maximum Gasteiger partial charge on any atom is 0.257 e. The first kappa shape index (κ1) is 11.4. The summed E-state index contributed by atoms with van der Waals surface area (Å²) in [5.74, 6) is 0.966. The zero-order valence-corrected chi connectivity index (χ0v) is 10.5. The number of ether oxygens (including phenoxy) is 1. The van der Waals surface area contributed by atoms with E-state index in [0.29, 0.717) is 22.3 Å². The number of thioether (sulfide) groups is 1. The Kier molecular flexibility index (Phi) is 3.07. The Morgan fingerprint density at radius 1 is 1.39 bits per heavy atom. The largest absolute Gasteiger partial charge is 0.379 e. The number of hydrogen-bond donors (Lipinski definition) is 1. The van der Waals surface area contributed by atoms with Gasteiger partial charge >= 0.3 is 0 Å². The van der Waals surface area contributed by atoms with Crippen molar-refractivity contribution in [3.63, 3.8) is 0 Å². The molecule has 0 amide bonds. The average molecular weight is 265 g/mol. The van der Waals surface area contributed by atoms with Crippen LogP contribution in [0.25, 0.3) is 5.95 Å². The van der Waals surface area contributed by atoms with Gasteiger partial charge in [0.05, 0.1) is 18.5 Å². The van der Waals surface area contributed by atoms with Gasteiger partial charge in [-0.3, -0.25) is 0 Å². The molecular weight excluding hydrogens is 254 g/mol. The van der Waals surface area contributed by atoms with Crippen LogP contribution in [-0.2, 0) is 4.74 Å². The minimum Gasteiger partial charge on any atom is -0.379 e. The first-order valence-corrected chi connectivity index (χ1v) is 6.26. The molecule has 0 unspecified atom stereocenters. The summed E-state index contributed by atoms with van der Waals surface area (Å²) < 4.78 is 6.63. The minimum absolute atomic E-state index is 0.417. The molecule has 2 aromatic heterocycles. The molecule has 1 aliphatic rings. The summed E-state index contributed by atoms with van der Waals surface area (Å²) in [6.45, 7) is 1.48. The topological polar surface area (TPSA) is 90.6 Å². The van der Waals surface area contributed by atoms with Gasteiger partial charge in [-0.05, 0) is 0 Å². The van der Waals surface area contributed by atoms with Crippen LogP contribution < -0.4 is 5.32 Å². The smallest absolute Gasteiger partial charge is 0.257 e. The van der Waals surface area contributed by atoms with Crippen molar-refractivity contribution in [2.24, 2.45) is 0 Å². The van der Waals surface area contributed by atoms with E-state index >= 15 is 0 Å². The molecule has 3 heterocycles. The van der Waals surface area contributed by atoms with Gasteiger partial charge in [-0.2, -0.15) is 24.7 Å². The van der Waals surface area contributed by atoms with Crippen molar-refractivity contribution in [1.82, 2.24) is 29.7 Å². The van der Waals surface area contributed by atoms with Gasteiger partial charge in [-0.25, -0.2) is 4.98 Å². The predicted octanol–water partition coefficient (Wildman–Crippen LogP) is -0.0151. The molecule has 0 spiro atoms. The van der Waals surface area contributed by atoms with E-state index in [1.165, 1.54) is 11.0 Å². The quantitative estimate of drug-likeness (QED) is 0.825. The highest BCUT2D eigenvalue weighted by Crippen LogP contribution is 2.25. The summed E-state index contributed by atoms with van der Waals surface area (Å²) in [4.78, 5) is 16.8. The third-order valence-electron chi connectivity index (χ3n) is 2.33. The first-order valence-electron chi connectivity index (χ1n) is 5.38. The number of aromatic nitrogens is 6. The van der Waals surface area contributed by atoms with Crippen LogP contribution >= 0.6 is 11.8 Å². The van der Waals surface area contributed by atoms with Crippen molar-refractivity contribution in [3.05, 3.63) is 12.7 Å². The molecule has 0 aromatic carbocycles. The van der Waals surface area contributed by atoms with E-state index in [1.807, 2.05) is 0 Å². The van der Waals surface area contributed by atoms with Gasteiger partial charge in [0.1, 0.15) is 12.7 Å². The number of nitrogens with one attached hydrogen (secondary N) is 1. The van der Waals surface area contributed by atoms with Gasteiger partial charge < -0.3 is 10.1 Å². The molecule has 1 saturated heterocycles. The zero-order valence-electron chi connectivity index (χ0n) is 9.65. The van der Waals surface area contributed by atoms with Crippen molar-refractivity contribution in [2.75, 3.05) is 25.6 Å². The second kappa shape index (κ2) is 4.86. The van der Waals surface area contributed by atoms with Crippen molar-refractivity contribution < 1.29 is 4.74 Å². The molecule has 1 aliphatic heterocycles. The summed E-state index contributed by atoms with van der Waals surface area (Å²) in [5, 5.41) is 8.00. The highest BCUT2D eigenvalue weighted by molar-refractivity contribution is 7.99. The molecule has 18 heavy (non-hydrogen) atoms. The van der Waals surface area contributed by atoms with Crippen LogP contribution in [0.4, 0.5) is 5.95 Å². The molecule has 0 radical (unpaired) electrons. The van der Waals surface area contributed by atoms with Crippen LogP contribution in [0, 0.1) is 0 Å². The predicted molar refractivity (Wildman–Crippen MR) is 64.8 cm³/mol. The molecular formula is C9H11N7OS. The number of nitrogens with zero attached hydrogens (tertiary/aromatic N) is 6. The lowest BCUT2D eigenvalue weighted by molar-refractivity contribution is 0.0454. The lowest BCUT2D eigenvalue weighted by Crippen LogP contribution is -2.30. The van der Waals surface area contributed by atoms with Crippen molar-refractivity contribution in [3.8, 4) is 5.95 Å². The van der Waals surface area contributed by atoms with E-state index in [0.717, 1.165) is 13.2 Å². The van der Waals surface area contributed by atoms with Crippen molar-refractivity contribution in [1.29, 1.82) is 0 Å². The van der Waals surface area contributed by atoms with E-state index in [2.05, 4.69) is 30.4 Å². The van der Waals surface area contributed by atoms with Gasteiger partial charge in [-0.15, -0.1) is 0 Å². The summed E-state index contributed by atoms with van der Waals surface area (Å²) in [5.41, 5.74) is 0. The Labute approximate surface area is 107 Å². The second-order valence-corrected chi connectivity index (χ2v) is 4.88. The zero-order chi connectivity index (χ0) is 12.4. The van der Waals surface area contributed by atoms with Crippen molar-refractivity contribution >= 4 is 17.7 Å². The summed E-state index contributed by atoms with van der Waals surface area (Å²) in [6.07, 6.45) is 2.99. The van der Waals surface area contributed by atoms with Gasteiger partial charge in [0, 0.05) is 7.05 Å². The molecule has 94 valence electrons. The highest BCUT2D eigenvalue weighted by atomic mass is 32.2. The number of anilines is 1. The molecule has 9 heteroatoms. The Morgan fingerprint density at radius 3 is 2.89 bits per heavy atom. The highest BCUT2D eigenvalue weighted by Gasteiger charge is 2.22. The SMILES string of the molecule is CNc1nc(SC2COC2)nc(-n2cncn2)n1. The average Bonchev–Trinajstić information content (AvgIpc) is 2.87. The van der Waals surface area contributed by atoms with Crippen LogP contribution in [0.15, 0.2) is 17.8 Å². The van der Waals surface area contributed by atoms with E-state index in [1.54, 1.807) is 25.1 Å². The fraction of sp³-hybridized carbons (Fsp3) is 0.444. The summed E-state index contributed by atoms with van der Waals surface area (Å²) in [7, 11) is 1.77. The van der Waals surface area contributed by atoms with Gasteiger partial charge in [0.25, 0.3) is 5.95 Å². The number of rotatable bonds is 4. The third kappa shape index (κ3) is 2.27. The van der Waals surface area contributed by atoms with E-state index in [9.17, 15) is 0 Å². The molecule has 2 aromatic rings. The molecule has 0 saturated carbocycles. The molecule has 0 bridgehead atoms. The van der Waals surface area contributed by atoms with Gasteiger partial charge in [-0.1, -0.05) is 11.8 Å². The second-order valence-electron chi connectivity index (χ2n) is 3.61. The van der Waals surface area contributed by atoms with Crippen LogP contribution in [-0.4, -0.2) is 55.2 Å². The Bertz CT molecular complexity index is 528. The Hall–Kier alpha value is -1.74. The van der Waals surface area contributed by atoms with Crippen LogP contribution in [0.1, 0.15) is 0 Å². The van der Waals surface area contributed by atoms with Crippen LogP contribution in [0.3, 0.4) is 0 Å². The van der Waals surface area contributed by atoms with Crippen molar-refractivity contribution in [2.45, 2.75) is 10.4 Å². The van der Waals surface area contributed by atoms with E-state index in [4.69, 9.17) is 4.74 Å². The molecule has 1 fully saturated rings. The Morgan fingerprint density at radius 2 is 2.28 bits per heavy atom. The minimum atomic E-state index is 0.417. The first-order chi connectivity index (χ1) is 8.85. The summed E-state index contributed by atoms with van der Waals surface area (Å²) in [6, 6.07) is 0. The maximum absolute atomic E-state index is 5.13. The lowest BCUT2D eigenvalue weighted by atomic mass is 10.4. The van der Waals surface area contributed by atoms with E-state index < -0.39 is 0 Å². The lowest BCUT2D eigenvalue weighted by Gasteiger charge is -2.24. The summed E-state index contributed by atoms with van der Waals surface area (Å²) >= 11 is 1.58. The molecule has 3 rings (SSSR count). The fourth-order valence-corrected chi connectivity index (χ4v) is 2.26. The molecule has 8 nitrogen and oxygen atoms in total. The fourth-order valence-electron chi connectivity index (χ4n) is 1.36. The van der Waals surface area contributed by atoms with Gasteiger partial charge in [0.15, 0.2) is 5.16 Å². The molecule has 0 atom stereocenters. The van der Waals surface area contributed by atoms with Crippen LogP contribution in [0.5, 0.6) is 0 Å². The standard InChI is InChI=1S/C9H11N7OS/c1-10-7-13-8(16-5-11-4-12-16)15-9(14-7)18-6-2-17-3-6/h4-6H,2-3H2,1H3,(H,10,13,14,15). The van der Waals surface area contributed by atoms with Crippen LogP contribution in [0.2, 0.25) is 0 Å². The molecule has 1 N–H and O–H groups in total. The van der Waals surface area contributed by atoms with E-state index in [-0.39, 0.29) is 0 Å². The monoisotopic (exact) mass is 265 g/mol. The number of hydrogen-bond acceptors (Lipinski definition) is 8. The molecule has 0 aliphatic carbocycles. The third-order valence-corrected chi connectivity index (χ3v) is 3.33. The van der Waals surface area contributed by atoms with Gasteiger partial charge in [0.2, 0.25) is 5.95 Å².